The first kappa shape index (κ1) is 20.2. The van der Waals surface area contributed by atoms with E-state index >= 15 is 0 Å². The Morgan fingerprint density at radius 2 is 1.78 bits per heavy atom. The molecule has 1 saturated carbocycles. The predicted octanol–water partition coefficient (Wildman–Crippen LogP) is 4.35. The third-order valence-corrected chi connectivity index (χ3v) is 5.50. The highest BCUT2D eigenvalue weighted by atomic mass is 16.6. The number of pyridine rings is 1. The molecule has 0 radical (unpaired) electrons. The molecule has 32 heavy (non-hydrogen) atoms. The van der Waals surface area contributed by atoms with Crippen molar-refractivity contribution in [2.24, 2.45) is 0 Å². The third kappa shape index (κ3) is 3.72. The van der Waals surface area contributed by atoms with Crippen LogP contribution in [-0.2, 0) is 11.3 Å². The van der Waals surface area contributed by atoms with E-state index in [2.05, 4.69) is 10.3 Å². The molecule has 8 heteroatoms. The minimum absolute atomic E-state index is 0.0542. The Morgan fingerprint density at radius 1 is 1.12 bits per heavy atom. The number of carbonyl (C=O) groups excluding carboxylic acids is 3. The Bertz CT molecular complexity index is 1230. The molecule has 8 nitrogen and oxygen atoms in total. The molecule has 3 aromatic rings. The predicted molar refractivity (Wildman–Crippen MR) is 118 cm³/mol. The Labute approximate surface area is 185 Å². The monoisotopic (exact) mass is 432 g/mol. The van der Waals surface area contributed by atoms with Gasteiger partial charge in [-0.3, -0.25) is 19.8 Å². The molecule has 1 aliphatic carbocycles. The van der Waals surface area contributed by atoms with Gasteiger partial charge in [-0.25, -0.2) is 9.78 Å². The lowest BCUT2D eigenvalue weighted by Gasteiger charge is -2.20. The zero-order chi connectivity index (χ0) is 22.6. The lowest BCUT2D eigenvalue weighted by Crippen LogP contribution is -2.29. The van der Waals surface area contributed by atoms with Crippen LogP contribution in [0.2, 0.25) is 0 Å². The maximum atomic E-state index is 12.7. The molecule has 0 bridgehead atoms. The van der Waals surface area contributed by atoms with Crippen molar-refractivity contribution in [2.75, 3.05) is 5.32 Å². The van der Waals surface area contributed by atoms with Gasteiger partial charge in [0.25, 0.3) is 11.8 Å². The number of imidazole rings is 1. The first-order valence-electron chi connectivity index (χ1n) is 10.7. The van der Waals surface area contributed by atoms with Crippen LogP contribution in [0.5, 0.6) is 0 Å². The smallest absolute Gasteiger partial charge is 0.412 e. The molecular weight excluding hydrogens is 408 g/mol. The molecule has 1 N–H and O–H groups in total. The normalized spacial score (nSPS) is 15.9. The summed E-state index contributed by atoms with van der Waals surface area (Å²) in [4.78, 5) is 43.7. The topological polar surface area (TPSA) is 93.0 Å². The van der Waals surface area contributed by atoms with E-state index in [1.165, 1.54) is 4.90 Å². The molecule has 5 rings (SSSR count). The molecule has 3 heterocycles. The Hall–Kier alpha value is -3.68. The van der Waals surface area contributed by atoms with Crippen LogP contribution in [0, 0.1) is 0 Å². The number of hydrogen-bond donors (Lipinski definition) is 1. The third-order valence-electron chi connectivity index (χ3n) is 5.50. The summed E-state index contributed by atoms with van der Waals surface area (Å²) < 4.78 is 7.24. The van der Waals surface area contributed by atoms with Crippen LogP contribution in [0.15, 0.2) is 42.7 Å². The number of hydrogen-bond acceptors (Lipinski definition) is 5. The summed E-state index contributed by atoms with van der Waals surface area (Å²) in [5.74, 6) is -0.192. The molecule has 2 aliphatic rings. The summed E-state index contributed by atoms with van der Waals surface area (Å²) in [7, 11) is 0. The number of nitrogens with zero attached hydrogens (tertiary/aromatic N) is 3. The van der Waals surface area contributed by atoms with Gasteiger partial charge >= 0.3 is 6.09 Å². The van der Waals surface area contributed by atoms with Crippen LogP contribution >= 0.6 is 0 Å². The van der Waals surface area contributed by atoms with Gasteiger partial charge < -0.3 is 9.14 Å². The van der Waals surface area contributed by atoms with Crippen molar-refractivity contribution in [3.05, 3.63) is 65.1 Å². The Morgan fingerprint density at radius 3 is 2.38 bits per heavy atom. The fourth-order valence-electron chi connectivity index (χ4n) is 3.94. The SMILES string of the molecule is CC(C)(C)OC(=O)Nc1cc(C2CC2)cn2cc(CN3C(=O)c4ccccc4C3=O)nc12. The second kappa shape index (κ2) is 7.19. The van der Waals surface area contributed by atoms with Crippen molar-refractivity contribution >= 4 is 29.2 Å². The number of carbonyl (C=O) groups is 3. The average Bonchev–Trinajstić information content (AvgIpc) is 3.45. The minimum atomic E-state index is -0.624. The van der Waals surface area contributed by atoms with Crippen molar-refractivity contribution in [1.29, 1.82) is 0 Å². The van der Waals surface area contributed by atoms with E-state index in [1.54, 1.807) is 51.2 Å². The zero-order valence-corrected chi connectivity index (χ0v) is 18.2. The first-order chi connectivity index (χ1) is 15.2. The molecule has 0 unspecified atom stereocenters. The van der Waals surface area contributed by atoms with Gasteiger partial charge in [-0.05, 0) is 63.3 Å². The number of nitrogens with one attached hydrogen (secondary N) is 1. The van der Waals surface area contributed by atoms with E-state index < -0.39 is 11.7 Å². The second-order valence-electron chi connectivity index (χ2n) is 9.29. The molecular formula is C24H24N4O4. The van der Waals surface area contributed by atoms with Crippen LogP contribution in [0.1, 0.15) is 71.5 Å². The largest absolute Gasteiger partial charge is 0.444 e. The fourth-order valence-corrected chi connectivity index (χ4v) is 3.94. The van der Waals surface area contributed by atoms with Gasteiger partial charge in [0, 0.05) is 12.4 Å². The summed E-state index contributed by atoms with van der Waals surface area (Å²) >= 11 is 0. The van der Waals surface area contributed by atoms with Crippen molar-refractivity contribution in [3.63, 3.8) is 0 Å². The van der Waals surface area contributed by atoms with Crippen LogP contribution < -0.4 is 5.32 Å². The van der Waals surface area contributed by atoms with E-state index in [-0.39, 0.29) is 18.4 Å². The standard InChI is InChI=1S/C24H24N4O4/c1-24(2,3)32-23(31)26-19-10-15(14-8-9-14)11-27-12-16(25-20(19)27)13-28-21(29)17-6-4-5-7-18(17)22(28)30/h4-7,10-12,14H,8-9,13H2,1-3H3,(H,26,31). The summed E-state index contributed by atoms with van der Waals surface area (Å²) in [5.41, 5.74) is 2.92. The quantitative estimate of drug-likeness (QED) is 0.619. The molecule has 0 spiro atoms. The van der Waals surface area contributed by atoms with Crippen LogP contribution in [-0.4, -0.2) is 37.8 Å². The van der Waals surface area contributed by atoms with Crippen LogP contribution in [0.3, 0.4) is 0 Å². The summed E-state index contributed by atoms with van der Waals surface area (Å²) in [5, 5.41) is 2.81. The van der Waals surface area contributed by atoms with Gasteiger partial charge in [0.15, 0.2) is 5.65 Å². The number of fused-ring (bicyclic) bond motifs is 2. The molecule has 0 atom stereocenters. The van der Waals surface area contributed by atoms with E-state index in [9.17, 15) is 14.4 Å². The van der Waals surface area contributed by atoms with Crippen molar-refractivity contribution < 1.29 is 19.1 Å². The molecule has 164 valence electrons. The van der Waals surface area contributed by atoms with E-state index in [0.717, 1.165) is 18.4 Å². The molecule has 1 aliphatic heterocycles. The number of rotatable bonds is 4. The lowest BCUT2D eigenvalue weighted by atomic mass is 10.1. The van der Waals surface area contributed by atoms with Gasteiger partial charge in [0.1, 0.15) is 5.60 Å². The van der Waals surface area contributed by atoms with Gasteiger partial charge in [-0.2, -0.15) is 0 Å². The maximum Gasteiger partial charge on any atom is 0.412 e. The minimum Gasteiger partial charge on any atom is -0.444 e. The molecule has 2 aromatic heterocycles. The lowest BCUT2D eigenvalue weighted by molar-refractivity contribution is 0.0625. The molecule has 3 amide bonds. The van der Waals surface area contributed by atoms with Crippen molar-refractivity contribution in [2.45, 2.75) is 51.7 Å². The van der Waals surface area contributed by atoms with Crippen LogP contribution in [0.4, 0.5) is 10.5 Å². The summed E-state index contributed by atoms with van der Waals surface area (Å²) in [6, 6.07) is 8.72. The van der Waals surface area contributed by atoms with Crippen molar-refractivity contribution in [1.82, 2.24) is 14.3 Å². The molecule has 1 fully saturated rings. The number of aromatic nitrogens is 2. The zero-order valence-electron chi connectivity index (χ0n) is 18.2. The number of imide groups is 1. The number of ether oxygens (including phenoxy) is 1. The summed E-state index contributed by atoms with van der Waals surface area (Å²) in [6.07, 6.45) is 5.44. The molecule has 1 aromatic carbocycles. The highest BCUT2D eigenvalue weighted by molar-refractivity contribution is 6.21. The van der Waals surface area contributed by atoms with E-state index in [1.807, 2.05) is 16.7 Å². The van der Waals surface area contributed by atoms with Crippen molar-refractivity contribution in [3.8, 4) is 0 Å². The maximum absolute atomic E-state index is 12.7. The number of benzene rings is 1. The van der Waals surface area contributed by atoms with E-state index in [4.69, 9.17) is 4.74 Å². The highest BCUT2D eigenvalue weighted by Crippen LogP contribution is 2.41. The summed E-state index contributed by atoms with van der Waals surface area (Å²) in [6.45, 7) is 5.47. The number of anilines is 1. The van der Waals surface area contributed by atoms with Gasteiger partial charge in [0.05, 0.1) is 29.1 Å². The molecule has 0 saturated heterocycles. The first-order valence-corrected chi connectivity index (χ1v) is 10.7. The Kier molecular flexibility index (Phi) is 4.54. The number of amides is 3. The van der Waals surface area contributed by atoms with Crippen LogP contribution in [0.25, 0.3) is 5.65 Å². The second-order valence-corrected chi connectivity index (χ2v) is 9.29. The Balaban J connectivity index is 1.46. The van der Waals surface area contributed by atoms with Gasteiger partial charge in [-0.15, -0.1) is 0 Å². The fraction of sp³-hybridized carbons (Fsp3) is 0.333. The van der Waals surface area contributed by atoms with E-state index in [0.29, 0.717) is 34.1 Å². The average molecular weight is 432 g/mol. The highest BCUT2D eigenvalue weighted by Gasteiger charge is 2.35. The van der Waals surface area contributed by atoms with Gasteiger partial charge in [0.2, 0.25) is 0 Å². The van der Waals surface area contributed by atoms with Gasteiger partial charge in [-0.1, -0.05) is 12.1 Å².